The van der Waals surface area contributed by atoms with Gasteiger partial charge in [-0.1, -0.05) is 12.1 Å². The number of ether oxygens (including phenoxy) is 1. The van der Waals surface area contributed by atoms with Gasteiger partial charge in [-0.15, -0.1) is 0 Å². The van der Waals surface area contributed by atoms with Crippen LogP contribution in [0, 0.1) is 0 Å². The molecule has 0 atom stereocenters. The Bertz CT molecular complexity index is 606. The highest BCUT2D eigenvalue weighted by Crippen LogP contribution is 2.16. The van der Waals surface area contributed by atoms with Crippen LogP contribution in [0.5, 0.6) is 0 Å². The standard InChI is InChI=1S/C14H16N2O4/c1-2-19-13(17)9-16-14(18)15-8-10-3-4-11-5-6-20-12(11)7-10/h3-7H,2,8-9H2,1H3,(H2,15,16,18). The molecule has 0 bridgehead atoms. The summed E-state index contributed by atoms with van der Waals surface area (Å²) >= 11 is 0. The van der Waals surface area contributed by atoms with Crippen molar-refractivity contribution in [2.75, 3.05) is 13.2 Å². The first-order valence-corrected chi connectivity index (χ1v) is 6.32. The van der Waals surface area contributed by atoms with Gasteiger partial charge in [0.25, 0.3) is 0 Å². The number of carbonyl (C=O) groups is 2. The van der Waals surface area contributed by atoms with E-state index < -0.39 is 12.0 Å². The van der Waals surface area contributed by atoms with Crippen LogP contribution in [0.25, 0.3) is 11.0 Å². The first-order valence-electron chi connectivity index (χ1n) is 6.32. The molecule has 2 aromatic rings. The molecule has 106 valence electrons. The van der Waals surface area contributed by atoms with Crippen LogP contribution in [0.3, 0.4) is 0 Å². The van der Waals surface area contributed by atoms with E-state index >= 15 is 0 Å². The fraction of sp³-hybridized carbons (Fsp3) is 0.286. The number of urea groups is 1. The second kappa shape index (κ2) is 6.60. The lowest BCUT2D eigenvalue weighted by Gasteiger charge is -2.07. The number of benzene rings is 1. The first-order chi connectivity index (χ1) is 9.69. The van der Waals surface area contributed by atoms with Crippen molar-refractivity contribution < 1.29 is 18.7 Å². The predicted molar refractivity (Wildman–Crippen MR) is 73.1 cm³/mol. The molecule has 0 aliphatic heterocycles. The van der Waals surface area contributed by atoms with Crippen molar-refractivity contribution >= 4 is 23.0 Å². The molecule has 2 N–H and O–H groups in total. The van der Waals surface area contributed by atoms with E-state index in [0.29, 0.717) is 13.2 Å². The summed E-state index contributed by atoms with van der Waals surface area (Å²) in [6, 6.07) is 7.15. The molecule has 0 fully saturated rings. The zero-order valence-corrected chi connectivity index (χ0v) is 11.1. The van der Waals surface area contributed by atoms with E-state index in [1.54, 1.807) is 13.2 Å². The average Bonchev–Trinajstić information content (AvgIpc) is 2.90. The van der Waals surface area contributed by atoms with Gasteiger partial charge >= 0.3 is 12.0 Å². The topological polar surface area (TPSA) is 80.6 Å². The highest BCUT2D eigenvalue weighted by molar-refractivity contribution is 5.81. The van der Waals surface area contributed by atoms with Crippen LogP contribution < -0.4 is 10.6 Å². The van der Waals surface area contributed by atoms with Crippen LogP contribution in [-0.4, -0.2) is 25.2 Å². The summed E-state index contributed by atoms with van der Waals surface area (Å²) in [5.74, 6) is -0.459. The maximum absolute atomic E-state index is 11.5. The zero-order chi connectivity index (χ0) is 14.4. The van der Waals surface area contributed by atoms with Gasteiger partial charge in [-0.05, 0) is 24.6 Å². The lowest BCUT2D eigenvalue weighted by atomic mass is 10.2. The number of nitrogens with one attached hydrogen (secondary N) is 2. The Kier molecular flexibility index (Phi) is 4.60. The van der Waals surface area contributed by atoms with E-state index in [-0.39, 0.29) is 6.54 Å². The van der Waals surface area contributed by atoms with Gasteiger partial charge in [0.1, 0.15) is 12.1 Å². The quantitative estimate of drug-likeness (QED) is 0.816. The maximum atomic E-state index is 11.5. The van der Waals surface area contributed by atoms with Crippen LogP contribution in [0.15, 0.2) is 34.9 Å². The molecule has 0 saturated heterocycles. The zero-order valence-electron chi connectivity index (χ0n) is 11.1. The number of rotatable bonds is 5. The molecule has 20 heavy (non-hydrogen) atoms. The van der Waals surface area contributed by atoms with Gasteiger partial charge in [0.15, 0.2) is 0 Å². The van der Waals surface area contributed by atoms with E-state index in [4.69, 9.17) is 9.15 Å². The smallest absolute Gasteiger partial charge is 0.325 e. The largest absolute Gasteiger partial charge is 0.465 e. The minimum absolute atomic E-state index is 0.142. The Hall–Kier alpha value is -2.50. The third kappa shape index (κ3) is 3.74. The van der Waals surface area contributed by atoms with Gasteiger partial charge in [-0.3, -0.25) is 4.79 Å². The normalized spacial score (nSPS) is 10.2. The Balaban J connectivity index is 1.79. The lowest BCUT2D eigenvalue weighted by Crippen LogP contribution is -2.38. The second-order valence-electron chi connectivity index (χ2n) is 4.13. The van der Waals surface area contributed by atoms with E-state index in [0.717, 1.165) is 16.5 Å². The molecule has 2 amide bonds. The number of fused-ring (bicyclic) bond motifs is 1. The van der Waals surface area contributed by atoms with E-state index in [1.807, 2.05) is 24.3 Å². The third-order valence-corrected chi connectivity index (χ3v) is 2.67. The first kappa shape index (κ1) is 13.9. The summed E-state index contributed by atoms with van der Waals surface area (Å²) in [5, 5.41) is 6.09. The summed E-state index contributed by atoms with van der Waals surface area (Å²) < 4.78 is 9.98. The Morgan fingerprint density at radius 2 is 2.10 bits per heavy atom. The molecule has 0 aliphatic rings. The number of carbonyl (C=O) groups excluding carboxylic acids is 2. The molecule has 1 aromatic heterocycles. The maximum Gasteiger partial charge on any atom is 0.325 e. The summed E-state index contributed by atoms with van der Waals surface area (Å²) in [6.07, 6.45) is 1.62. The number of hydrogen-bond donors (Lipinski definition) is 2. The Morgan fingerprint density at radius 3 is 2.90 bits per heavy atom. The van der Waals surface area contributed by atoms with Gasteiger partial charge < -0.3 is 19.8 Å². The van der Waals surface area contributed by atoms with Crippen molar-refractivity contribution in [1.29, 1.82) is 0 Å². The summed E-state index contributed by atoms with van der Waals surface area (Å²) in [4.78, 5) is 22.5. The number of furan rings is 1. The molecular formula is C14H16N2O4. The van der Waals surface area contributed by atoms with Crippen molar-refractivity contribution in [3.63, 3.8) is 0 Å². The third-order valence-electron chi connectivity index (χ3n) is 2.67. The summed E-state index contributed by atoms with van der Waals surface area (Å²) in [6.45, 7) is 2.22. The van der Waals surface area contributed by atoms with Crippen molar-refractivity contribution in [2.24, 2.45) is 0 Å². The van der Waals surface area contributed by atoms with Crippen LogP contribution in [0.1, 0.15) is 12.5 Å². The SMILES string of the molecule is CCOC(=O)CNC(=O)NCc1ccc2ccoc2c1. The van der Waals surface area contributed by atoms with Crippen LogP contribution in [-0.2, 0) is 16.1 Å². The fourth-order valence-electron chi connectivity index (χ4n) is 1.72. The van der Waals surface area contributed by atoms with Crippen LogP contribution in [0.2, 0.25) is 0 Å². The van der Waals surface area contributed by atoms with E-state index in [1.165, 1.54) is 0 Å². The number of amides is 2. The molecule has 6 nitrogen and oxygen atoms in total. The Morgan fingerprint density at radius 1 is 1.25 bits per heavy atom. The van der Waals surface area contributed by atoms with Gasteiger partial charge in [0.05, 0.1) is 12.9 Å². The van der Waals surface area contributed by atoms with Crippen LogP contribution >= 0.6 is 0 Å². The lowest BCUT2D eigenvalue weighted by molar-refractivity contribution is -0.141. The monoisotopic (exact) mass is 276 g/mol. The van der Waals surface area contributed by atoms with Gasteiger partial charge in [0, 0.05) is 11.9 Å². The molecule has 1 aromatic carbocycles. The van der Waals surface area contributed by atoms with Crippen molar-refractivity contribution in [3.8, 4) is 0 Å². The molecule has 0 radical (unpaired) electrons. The fourth-order valence-corrected chi connectivity index (χ4v) is 1.72. The number of hydrogen-bond acceptors (Lipinski definition) is 4. The number of esters is 1. The van der Waals surface area contributed by atoms with Gasteiger partial charge in [0.2, 0.25) is 0 Å². The van der Waals surface area contributed by atoms with Gasteiger partial charge in [-0.2, -0.15) is 0 Å². The molecule has 1 heterocycles. The second-order valence-corrected chi connectivity index (χ2v) is 4.13. The van der Waals surface area contributed by atoms with Gasteiger partial charge in [-0.25, -0.2) is 4.79 Å². The van der Waals surface area contributed by atoms with E-state index in [9.17, 15) is 9.59 Å². The van der Waals surface area contributed by atoms with Crippen molar-refractivity contribution in [2.45, 2.75) is 13.5 Å². The predicted octanol–water partition coefficient (Wildman–Crippen LogP) is 1.80. The highest BCUT2D eigenvalue weighted by atomic mass is 16.5. The molecule has 0 spiro atoms. The average molecular weight is 276 g/mol. The molecule has 6 heteroatoms. The minimum Gasteiger partial charge on any atom is -0.465 e. The summed E-state index contributed by atoms with van der Waals surface area (Å²) in [7, 11) is 0. The minimum atomic E-state index is -0.459. The Labute approximate surface area is 116 Å². The van der Waals surface area contributed by atoms with Crippen LogP contribution in [0.4, 0.5) is 4.79 Å². The highest BCUT2D eigenvalue weighted by Gasteiger charge is 2.06. The molecule has 0 unspecified atom stereocenters. The molecular weight excluding hydrogens is 260 g/mol. The van der Waals surface area contributed by atoms with Crippen molar-refractivity contribution in [1.82, 2.24) is 10.6 Å². The van der Waals surface area contributed by atoms with Crippen molar-refractivity contribution in [3.05, 3.63) is 36.1 Å². The molecule has 2 rings (SSSR count). The molecule has 0 aliphatic carbocycles. The van der Waals surface area contributed by atoms with E-state index in [2.05, 4.69) is 10.6 Å². The summed E-state index contributed by atoms with van der Waals surface area (Å²) in [5.41, 5.74) is 1.69. The molecule has 0 saturated carbocycles.